The van der Waals surface area contributed by atoms with Gasteiger partial charge < -0.3 is 9.80 Å². The van der Waals surface area contributed by atoms with Crippen molar-refractivity contribution >= 4 is 55.4 Å². The van der Waals surface area contributed by atoms with Gasteiger partial charge >= 0.3 is 0 Å². The average molecular weight is 985 g/mol. The topological polar surface area (TPSA) is 6.48 Å². The van der Waals surface area contributed by atoms with Crippen LogP contribution in [0.1, 0.15) is 118 Å². The van der Waals surface area contributed by atoms with Crippen molar-refractivity contribution < 1.29 is 0 Å². The predicted molar refractivity (Wildman–Crippen MR) is 325 cm³/mol. The van der Waals surface area contributed by atoms with Crippen molar-refractivity contribution in [2.24, 2.45) is 0 Å². The van der Waals surface area contributed by atoms with Crippen LogP contribution in [0.25, 0.3) is 54.9 Å². The van der Waals surface area contributed by atoms with Crippen molar-refractivity contribution in [1.29, 1.82) is 0 Å². The van der Waals surface area contributed by atoms with Gasteiger partial charge in [-0.1, -0.05) is 221 Å². The number of hydrogen-bond donors (Lipinski definition) is 0. The largest absolute Gasteiger partial charge is 0.338 e. The summed E-state index contributed by atoms with van der Waals surface area (Å²) in [6, 6.07) is 77.5. The van der Waals surface area contributed by atoms with Crippen molar-refractivity contribution in [2.45, 2.75) is 101 Å². The molecule has 374 valence electrons. The quantitative estimate of drug-likeness (QED) is 0.113. The maximum Gasteiger partial charge on any atom is 0.0557 e. The molecule has 0 radical (unpaired) electrons. The van der Waals surface area contributed by atoms with Gasteiger partial charge in [-0.3, -0.25) is 0 Å². The van der Waals surface area contributed by atoms with Gasteiger partial charge in [0.1, 0.15) is 0 Å². The minimum absolute atomic E-state index is 0.205. The molecule has 0 saturated heterocycles. The Kier molecular flexibility index (Phi) is 13.7. The molecule has 0 aliphatic heterocycles. The minimum atomic E-state index is 0.205. The molecule has 9 aromatic rings. The first-order valence-corrected chi connectivity index (χ1v) is 28.5. The van der Waals surface area contributed by atoms with E-state index in [2.05, 4.69) is 246 Å². The summed E-state index contributed by atoms with van der Waals surface area (Å²) in [4.78, 5) is 5.22. The molecule has 76 heavy (non-hydrogen) atoms. The van der Waals surface area contributed by atoms with Crippen LogP contribution in [0, 0.1) is 0 Å². The van der Waals surface area contributed by atoms with E-state index in [1.54, 1.807) is 11.1 Å². The van der Waals surface area contributed by atoms with Crippen LogP contribution < -0.4 is 9.80 Å². The first kappa shape index (κ1) is 47.8. The van der Waals surface area contributed by atoms with E-state index in [0.717, 1.165) is 30.6 Å². The molecule has 2 nitrogen and oxygen atoms in total. The summed E-state index contributed by atoms with van der Waals surface area (Å²) < 4.78 is 0. The second-order valence-corrected chi connectivity index (χ2v) is 21.9. The van der Waals surface area contributed by atoms with Gasteiger partial charge in [-0.05, 0) is 189 Å². The van der Waals surface area contributed by atoms with Crippen LogP contribution in [0.5, 0.6) is 0 Å². The summed E-state index contributed by atoms with van der Waals surface area (Å²) in [5.74, 6) is 1.02. The van der Waals surface area contributed by atoms with Crippen LogP contribution in [0.4, 0.5) is 22.7 Å². The molecule has 0 N–H and O–H groups in total. The fraction of sp³-hybridized carbons (Fsp3) is 0.216. The average Bonchev–Trinajstić information content (AvgIpc) is 3.53. The summed E-state index contributed by atoms with van der Waals surface area (Å²) >= 11 is 0. The highest BCUT2D eigenvalue weighted by atomic mass is 15.2. The van der Waals surface area contributed by atoms with Crippen LogP contribution in [-0.2, 0) is 0 Å². The van der Waals surface area contributed by atoms with E-state index in [1.807, 2.05) is 0 Å². The Morgan fingerprint density at radius 1 is 0.355 bits per heavy atom. The molecule has 0 amide bonds. The van der Waals surface area contributed by atoms with Crippen molar-refractivity contribution in [3.8, 4) is 22.3 Å². The molecule has 0 bridgehead atoms. The van der Waals surface area contributed by atoms with Crippen molar-refractivity contribution in [3.05, 3.63) is 265 Å². The number of fused-ring (bicyclic) bond motifs is 2. The summed E-state index contributed by atoms with van der Waals surface area (Å²) in [6.45, 7) is 0. The predicted octanol–water partition coefficient (Wildman–Crippen LogP) is 20.9. The Hall–Kier alpha value is -7.94. The van der Waals surface area contributed by atoms with E-state index in [1.165, 1.54) is 147 Å². The van der Waals surface area contributed by atoms with E-state index < -0.39 is 0 Å². The van der Waals surface area contributed by atoms with Crippen molar-refractivity contribution in [3.63, 3.8) is 0 Å². The molecule has 2 fully saturated rings. The first-order valence-electron chi connectivity index (χ1n) is 28.5. The molecular formula is C74H68N2. The highest BCUT2D eigenvalue weighted by Gasteiger charge is 2.30. The molecule has 0 spiro atoms. The Balaban J connectivity index is 0.984. The van der Waals surface area contributed by atoms with Gasteiger partial charge in [-0.25, -0.2) is 0 Å². The van der Waals surface area contributed by atoms with Gasteiger partial charge in [0.05, 0.1) is 6.04 Å². The van der Waals surface area contributed by atoms with Gasteiger partial charge in [0.15, 0.2) is 0 Å². The highest BCUT2D eigenvalue weighted by Crippen LogP contribution is 2.50. The van der Waals surface area contributed by atoms with E-state index in [-0.39, 0.29) is 6.04 Å². The molecule has 1 atom stereocenters. The lowest BCUT2D eigenvalue weighted by molar-refractivity contribution is 0.445. The second kappa shape index (κ2) is 21.7. The molecule has 9 aromatic carbocycles. The van der Waals surface area contributed by atoms with Gasteiger partial charge in [-0.2, -0.15) is 0 Å². The summed E-state index contributed by atoms with van der Waals surface area (Å²) in [5.41, 5.74) is 19.7. The lowest BCUT2D eigenvalue weighted by Crippen LogP contribution is -2.34. The first-order chi connectivity index (χ1) is 37.7. The standard InChI is InChI=1S/C74H68N2/c1-7-19-53(20-8-1)57-31-39-63(40-32-57)75(64-41-33-58(34-42-64)54-21-9-2-10-22-54)67-47-49-69-71(51-67)73(61-27-15-5-16-28-61)70-50-48-68(52-72(70)74(69)62-29-17-6-18-30-62)76(65-43-35-59(36-44-65)55-23-11-3-12-24-55)66-45-37-60(38-46-66)56-25-13-4-14-26-56/h1-4,7-14,19-26,31-37,39-43,45,47-52,61-62,65H,5-6,15-18,27-30,38,44,46H2. The number of benzene rings is 9. The number of nitrogens with zero attached hydrogens (tertiary/aromatic N) is 2. The zero-order chi connectivity index (χ0) is 50.6. The van der Waals surface area contributed by atoms with Crippen LogP contribution in [-0.4, -0.2) is 6.04 Å². The molecule has 1 unspecified atom stereocenters. The van der Waals surface area contributed by atoms with Crippen LogP contribution in [0.2, 0.25) is 0 Å². The van der Waals surface area contributed by atoms with E-state index in [0.29, 0.717) is 11.8 Å². The fourth-order valence-corrected chi connectivity index (χ4v) is 13.5. The van der Waals surface area contributed by atoms with Gasteiger partial charge in [-0.15, -0.1) is 0 Å². The monoisotopic (exact) mass is 985 g/mol. The van der Waals surface area contributed by atoms with Gasteiger partial charge in [0.2, 0.25) is 0 Å². The zero-order valence-electron chi connectivity index (χ0n) is 43.8. The zero-order valence-corrected chi connectivity index (χ0v) is 43.8. The fourth-order valence-electron chi connectivity index (χ4n) is 13.5. The van der Waals surface area contributed by atoms with Crippen molar-refractivity contribution in [2.75, 3.05) is 9.80 Å². The van der Waals surface area contributed by atoms with E-state index in [9.17, 15) is 0 Å². The van der Waals surface area contributed by atoms with Crippen LogP contribution in [0.15, 0.2) is 242 Å². The summed E-state index contributed by atoms with van der Waals surface area (Å²) in [5, 5.41) is 5.88. The molecule has 13 rings (SSSR count). The summed E-state index contributed by atoms with van der Waals surface area (Å²) in [6.07, 6.45) is 27.9. The SMILES string of the molecule is C1=CC(N(C2=CC=C(c3ccccc3)CC2)c2ccc3c(C4CCCCC4)c4cc(N(c5ccc(-c6ccccc6)cc5)c5ccc(-c6ccccc6)cc5)ccc4c(C4CCCCC4)c3c2)CC=C1c1ccccc1. The lowest BCUT2D eigenvalue weighted by Gasteiger charge is -2.37. The van der Waals surface area contributed by atoms with Crippen molar-refractivity contribution in [1.82, 2.24) is 0 Å². The highest BCUT2D eigenvalue weighted by molar-refractivity contribution is 6.09. The molecule has 4 aliphatic rings. The number of anilines is 4. The molecule has 4 aliphatic carbocycles. The normalized spacial score (nSPS) is 17.3. The number of allylic oxidation sites excluding steroid dienone is 6. The molecule has 0 aromatic heterocycles. The maximum atomic E-state index is 2.72. The Bertz CT molecular complexity index is 3510. The number of hydrogen-bond acceptors (Lipinski definition) is 2. The van der Waals surface area contributed by atoms with Crippen LogP contribution >= 0.6 is 0 Å². The Morgan fingerprint density at radius 3 is 1.28 bits per heavy atom. The molecule has 2 heteroatoms. The van der Waals surface area contributed by atoms with Gasteiger partial charge in [0, 0.05) is 28.4 Å². The van der Waals surface area contributed by atoms with Gasteiger partial charge in [0.25, 0.3) is 0 Å². The third-order valence-corrected chi connectivity index (χ3v) is 17.3. The molecule has 0 heterocycles. The number of rotatable bonds is 12. The second-order valence-electron chi connectivity index (χ2n) is 21.9. The smallest absolute Gasteiger partial charge is 0.0557 e. The van der Waals surface area contributed by atoms with E-state index in [4.69, 9.17) is 0 Å². The Labute approximate surface area is 451 Å². The maximum absolute atomic E-state index is 2.72. The minimum Gasteiger partial charge on any atom is -0.338 e. The Morgan fingerprint density at radius 2 is 0.803 bits per heavy atom. The lowest BCUT2D eigenvalue weighted by atomic mass is 9.74. The molecule has 2 saturated carbocycles. The third-order valence-electron chi connectivity index (χ3n) is 17.3. The summed E-state index contributed by atoms with van der Waals surface area (Å²) in [7, 11) is 0. The van der Waals surface area contributed by atoms with Crippen LogP contribution in [0.3, 0.4) is 0 Å². The van der Waals surface area contributed by atoms with E-state index >= 15 is 0 Å². The molecular weight excluding hydrogens is 917 g/mol. The third kappa shape index (κ3) is 9.67.